The van der Waals surface area contributed by atoms with Crippen molar-refractivity contribution in [3.05, 3.63) is 71.3 Å². The first-order chi connectivity index (χ1) is 16.9. The summed E-state index contributed by atoms with van der Waals surface area (Å²) in [6, 6.07) is 12.8. The van der Waals surface area contributed by atoms with Crippen LogP contribution >= 0.6 is 0 Å². The number of amides is 1. The molecular weight excluding hydrogens is 475 g/mol. The maximum Gasteiger partial charge on any atom is 0.419 e. The highest BCUT2D eigenvalue weighted by molar-refractivity contribution is 5.70. The van der Waals surface area contributed by atoms with Gasteiger partial charge in [0.1, 0.15) is 24.8 Å². The van der Waals surface area contributed by atoms with Crippen LogP contribution in [-0.4, -0.2) is 37.7 Å². The van der Waals surface area contributed by atoms with Crippen molar-refractivity contribution in [3.8, 4) is 5.75 Å². The summed E-state index contributed by atoms with van der Waals surface area (Å²) in [6.07, 6.45) is -1.79. The summed E-state index contributed by atoms with van der Waals surface area (Å²) < 4.78 is 62.7. The lowest BCUT2D eigenvalue weighted by molar-refractivity contribution is -0.139. The van der Waals surface area contributed by atoms with Crippen LogP contribution in [0.15, 0.2) is 54.6 Å². The van der Waals surface area contributed by atoms with E-state index in [1.54, 1.807) is 51.1 Å². The van der Waals surface area contributed by atoms with Gasteiger partial charge in [-0.3, -0.25) is 0 Å². The molecule has 2 aromatic carbocycles. The minimum Gasteiger partial charge on any atom is -0.488 e. The van der Waals surface area contributed by atoms with Gasteiger partial charge in [-0.1, -0.05) is 55.5 Å². The number of alkyl halides is 3. The maximum absolute atomic E-state index is 13.8. The van der Waals surface area contributed by atoms with E-state index in [1.807, 2.05) is 13.0 Å². The summed E-state index contributed by atoms with van der Waals surface area (Å²) in [5.41, 5.74) is -1.62. The second-order valence-corrected chi connectivity index (χ2v) is 9.25. The highest BCUT2D eigenvalue weighted by atomic mass is 19.4. The van der Waals surface area contributed by atoms with Gasteiger partial charge < -0.3 is 24.3 Å². The molecule has 1 unspecified atom stereocenters. The molecule has 9 heteroatoms. The fourth-order valence-corrected chi connectivity index (χ4v) is 3.24. The van der Waals surface area contributed by atoms with E-state index in [2.05, 4.69) is 5.32 Å². The fraction of sp³-hybridized carbons (Fsp3) is 0.444. The lowest BCUT2D eigenvalue weighted by atomic mass is 9.95. The number of benzene rings is 2. The number of ether oxygens (including phenoxy) is 4. The summed E-state index contributed by atoms with van der Waals surface area (Å²) in [4.78, 5) is 12.5. The Hall–Kier alpha value is -3.04. The molecule has 0 aromatic heterocycles. The molecule has 0 spiro atoms. The zero-order chi connectivity index (χ0) is 26.8. The molecule has 2 rings (SSSR count). The molecule has 0 fully saturated rings. The highest BCUT2D eigenvalue weighted by Gasteiger charge is 2.35. The van der Waals surface area contributed by atoms with E-state index >= 15 is 0 Å². The molecule has 0 heterocycles. The molecule has 0 saturated heterocycles. The molecule has 0 saturated carbocycles. The summed E-state index contributed by atoms with van der Waals surface area (Å²) in [5.74, 6) is -0.263. The van der Waals surface area contributed by atoms with Gasteiger partial charge in [0.25, 0.3) is 0 Å². The van der Waals surface area contributed by atoms with Gasteiger partial charge in [-0.15, -0.1) is 0 Å². The lowest BCUT2D eigenvalue weighted by Crippen LogP contribution is -2.51. The van der Waals surface area contributed by atoms with Crippen molar-refractivity contribution < 1.29 is 36.9 Å². The Morgan fingerprint density at radius 3 is 2.33 bits per heavy atom. The predicted octanol–water partition coefficient (Wildman–Crippen LogP) is 6.59. The van der Waals surface area contributed by atoms with E-state index in [9.17, 15) is 18.0 Å². The van der Waals surface area contributed by atoms with Gasteiger partial charge in [-0.05, 0) is 50.5 Å². The summed E-state index contributed by atoms with van der Waals surface area (Å²) in [5, 5.41) is 2.79. The van der Waals surface area contributed by atoms with Crippen molar-refractivity contribution in [2.24, 2.45) is 0 Å². The smallest absolute Gasteiger partial charge is 0.419 e. The molecule has 6 nitrogen and oxygen atoms in total. The van der Waals surface area contributed by atoms with Crippen LogP contribution < -0.4 is 10.1 Å². The van der Waals surface area contributed by atoms with Gasteiger partial charge in [-0.2, -0.15) is 13.2 Å². The molecule has 0 aliphatic heterocycles. The second kappa shape index (κ2) is 12.8. The topological polar surface area (TPSA) is 66.0 Å². The molecule has 0 radical (unpaired) electrons. The first-order valence-corrected chi connectivity index (χ1v) is 11.5. The Balaban J connectivity index is 2.31. The zero-order valence-electron chi connectivity index (χ0n) is 21.3. The van der Waals surface area contributed by atoms with Gasteiger partial charge >= 0.3 is 12.3 Å². The number of methoxy groups -OCH3 is 1. The minimum atomic E-state index is -4.62. The van der Waals surface area contributed by atoms with Crippen LogP contribution in [-0.2, 0) is 27.0 Å². The molecule has 36 heavy (non-hydrogen) atoms. The number of carbonyl (C=O) groups is 1. The van der Waals surface area contributed by atoms with Crippen LogP contribution in [0.1, 0.15) is 50.8 Å². The SMILES string of the molecule is CCC(C=Cc1ccc(OCc2ccccc2)c(C(F)(F)F)c1)(COCOC)NC(=O)OC(C)(C)C. The van der Waals surface area contributed by atoms with Crippen molar-refractivity contribution >= 4 is 12.2 Å². The fourth-order valence-electron chi connectivity index (χ4n) is 3.24. The first kappa shape index (κ1) is 29.2. The maximum atomic E-state index is 13.8. The van der Waals surface area contributed by atoms with Crippen LogP contribution in [0.3, 0.4) is 0 Å². The number of hydrogen-bond acceptors (Lipinski definition) is 5. The average molecular weight is 510 g/mol. The molecule has 0 bridgehead atoms. The number of alkyl carbamates (subject to hydrolysis) is 1. The summed E-state index contributed by atoms with van der Waals surface area (Å²) >= 11 is 0. The molecule has 198 valence electrons. The summed E-state index contributed by atoms with van der Waals surface area (Å²) in [6.45, 7) is 7.04. The molecule has 1 atom stereocenters. The van der Waals surface area contributed by atoms with Crippen molar-refractivity contribution in [3.63, 3.8) is 0 Å². The molecule has 1 amide bonds. The Kier molecular flexibility index (Phi) is 10.4. The Labute approximate surface area is 210 Å². The highest BCUT2D eigenvalue weighted by Crippen LogP contribution is 2.37. The normalized spacial score (nSPS) is 13.9. The number of halogens is 3. The molecule has 0 aliphatic carbocycles. The van der Waals surface area contributed by atoms with E-state index < -0.39 is 29.0 Å². The molecule has 0 aliphatic rings. The van der Waals surface area contributed by atoms with Crippen LogP contribution in [0.2, 0.25) is 0 Å². The van der Waals surface area contributed by atoms with Gasteiger partial charge in [-0.25, -0.2) is 4.79 Å². The van der Waals surface area contributed by atoms with Crippen molar-refractivity contribution in [1.82, 2.24) is 5.32 Å². The third kappa shape index (κ3) is 9.54. The Morgan fingerprint density at radius 1 is 1.06 bits per heavy atom. The molecule has 2 aromatic rings. The standard InChI is InChI=1S/C27H34F3NO5/c1-6-26(18-34-19-33-5,31-24(32)36-25(2,3)4)15-14-20-12-13-23(22(16-20)27(28,29)30)35-17-21-10-8-7-9-11-21/h7-16H,6,17-19H2,1-5H3,(H,31,32). The number of rotatable bonds is 11. The number of nitrogens with one attached hydrogen (secondary N) is 1. The van der Waals surface area contributed by atoms with Crippen molar-refractivity contribution in [2.45, 2.75) is 58.0 Å². The van der Waals surface area contributed by atoms with Crippen molar-refractivity contribution in [1.29, 1.82) is 0 Å². The third-order valence-electron chi connectivity index (χ3n) is 5.08. The van der Waals surface area contributed by atoms with E-state index in [0.717, 1.165) is 11.6 Å². The third-order valence-corrected chi connectivity index (χ3v) is 5.08. The van der Waals surface area contributed by atoms with Gasteiger partial charge in [0.15, 0.2) is 0 Å². The van der Waals surface area contributed by atoms with E-state index in [1.165, 1.54) is 25.3 Å². The lowest BCUT2D eigenvalue weighted by Gasteiger charge is -2.32. The average Bonchev–Trinajstić information content (AvgIpc) is 2.80. The second-order valence-electron chi connectivity index (χ2n) is 9.25. The summed E-state index contributed by atoms with van der Waals surface area (Å²) in [7, 11) is 1.46. The van der Waals surface area contributed by atoms with E-state index in [0.29, 0.717) is 6.42 Å². The van der Waals surface area contributed by atoms with E-state index in [-0.39, 0.29) is 31.3 Å². The number of hydrogen-bond donors (Lipinski definition) is 1. The first-order valence-electron chi connectivity index (χ1n) is 11.5. The number of carbonyl (C=O) groups excluding carboxylic acids is 1. The predicted molar refractivity (Wildman–Crippen MR) is 131 cm³/mol. The van der Waals surface area contributed by atoms with Gasteiger partial charge in [0.05, 0.1) is 17.7 Å². The quantitative estimate of drug-likeness (QED) is 0.273. The molecule has 1 N–H and O–H groups in total. The monoisotopic (exact) mass is 509 g/mol. The Morgan fingerprint density at radius 2 is 1.75 bits per heavy atom. The van der Waals surface area contributed by atoms with Gasteiger partial charge in [0.2, 0.25) is 0 Å². The van der Waals surface area contributed by atoms with E-state index in [4.69, 9.17) is 18.9 Å². The molecular formula is C27H34F3NO5. The minimum absolute atomic E-state index is 0.00863. The van der Waals surface area contributed by atoms with Crippen LogP contribution in [0.4, 0.5) is 18.0 Å². The van der Waals surface area contributed by atoms with Crippen LogP contribution in [0, 0.1) is 0 Å². The largest absolute Gasteiger partial charge is 0.488 e. The van der Waals surface area contributed by atoms with Crippen LogP contribution in [0.5, 0.6) is 5.75 Å². The van der Waals surface area contributed by atoms with Gasteiger partial charge in [0, 0.05) is 7.11 Å². The zero-order valence-corrected chi connectivity index (χ0v) is 21.3. The Bertz CT molecular complexity index is 1000. The van der Waals surface area contributed by atoms with Crippen LogP contribution in [0.25, 0.3) is 6.08 Å². The van der Waals surface area contributed by atoms with Crippen molar-refractivity contribution in [2.75, 3.05) is 20.5 Å².